The first-order chi connectivity index (χ1) is 13.2. The molecule has 0 aliphatic carbocycles. The molecule has 27 heavy (non-hydrogen) atoms. The highest BCUT2D eigenvalue weighted by Crippen LogP contribution is 2.23. The predicted molar refractivity (Wildman–Crippen MR) is 104 cm³/mol. The Morgan fingerprint density at radius 3 is 2.19 bits per heavy atom. The molecule has 134 valence electrons. The van der Waals surface area contributed by atoms with Crippen LogP contribution < -0.4 is 10.1 Å². The van der Waals surface area contributed by atoms with Gasteiger partial charge in [0, 0.05) is 22.2 Å². The van der Waals surface area contributed by atoms with Crippen molar-refractivity contribution in [1.29, 1.82) is 0 Å². The van der Waals surface area contributed by atoms with Gasteiger partial charge in [-0.15, -0.1) is 21.5 Å². The normalized spacial score (nSPS) is 10.6. The maximum absolute atomic E-state index is 12.0. The van der Waals surface area contributed by atoms with Crippen molar-refractivity contribution in [3.8, 4) is 28.5 Å². The maximum Gasteiger partial charge on any atom is 0.275 e. The second kappa shape index (κ2) is 7.38. The van der Waals surface area contributed by atoms with E-state index in [1.165, 1.54) is 11.3 Å². The second-order valence-electron chi connectivity index (χ2n) is 5.66. The summed E-state index contributed by atoms with van der Waals surface area (Å²) in [7, 11) is 1.63. The van der Waals surface area contributed by atoms with Crippen LogP contribution in [0.25, 0.3) is 22.8 Å². The summed E-state index contributed by atoms with van der Waals surface area (Å²) in [6.07, 6.45) is 0. The van der Waals surface area contributed by atoms with E-state index in [1.54, 1.807) is 18.0 Å². The van der Waals surface area contributed by atoms with Crippen molar-refractivity contribution in [2.45, 2.75) is 0 Å². The molecule has 0 aliphatic heterocycles. The first-order valence-corrected chi connectivity index (χ1v) is 9.04. The molecule has 2 aromatic heterocycles. The molecule has 2 aromatic carbocycles. The Balaban J connectivity index is 1.49. The smallest absolute Gasteiger partial charge is 0.275 e. The fraction of sp³-hybridized carbons (Fsp3) is 0.0526. The number of ether oxygens (including phenoxy) is 1. The van der Waals surface area contributed by atoms with Gasteiger partial charge in [-0.05, 0) is 48.5 Å². The fourth-order valence-corrected chi connectivity index (χ4v) is 3.03. The van der Waals surface area contributed by atoms with Crippen LogP contribution in [0.5, 0.6) is 5.75 Å². The van der Waals surface area contributed by atoms with Crippen LogP contribution in [0.3, 0.4) is 0 Å². The van der Waals surface area contributed by atoms with Crippen molar-refractivity contribution < 1.29 is 9.53 Å². The molecular formula is C19H15N5O2S. The number of H-pyrrole nitrogens is 1. The lowest BCUT2D eigenvalue weighted by Crippen LogP contribution is -2.11. The number of nitrogens with zero attached hydrogens (tertiary/aromatic N) is 3. The van der Waals surface area contributed by atoms with E-state index in [1.807, 2.05) is 48.5 Å². The molecule has 0 saturated heterocycles. The van der Waals surface area contributed by atoms with Gasteiger partial charge in [-0.3, -0.25) is 4.79 Å². The average molecular weight is 377 g/mol. The molecule has 0 spiro atoms. The SMILES string of the molecule is COc1ccc(-c2nnc(-c3ccc(NC(=O)c4cscn4)cc3)[nH]2)cc1. The summed E-state index contributed by atoms with van der Waals surface area (Å²) in [5.41, 5.74) is 4.51. The largest absolute Gasteiger partial charge is 0.497 e. The van der Waals surface area contributed by atoms with E-state index in [0.717, 1.165) is 16.9 Å². The third-order valence-corrected chi connectivity index (χ3v) is 4.52. The quantitative estimate of drug-likeness (QED) is 0.551. The predicted octanol–water partition coefficient (Wildman–Crippen LogP) is 3.86. The minimum Gasteiger partial charge on any atom is -0.497 e. The Bertz CT molecular complexity index is 1040. The number of nitrogens with one attached hydrogen (secondary N) is 2. The minimum atomic E-state index is -0.231. The first-order valence-electron chi connectivity index (χ1n) is 8.10. The molecule has 4 rings (SSSR count). The van der Waals surface area contributed by atoms with Crippen LogP contribution >= 0.6 is 11.3 Å². The average Bonchev–Trinajstić information content (AvgIpc) is 3.41. The Morgan fingerprint density at radius 2 is 1.63 bits per heavy atom. The molecular weight excluding hydrogens is 362 g/mol. The monoisotopic (exact) mass is 377 g/mol. The third-order valence-electron chi connectivity index (χ3n) is 3.93. The maximum atomic E-state index is 12.0. The lowest BCUT2D eigenvalue weighted by atomic mass is 10.2. The Hall–Kier alpha value is -3.52. The first kappa shape index (κ1) is 16.9. The van der Waals surface area contributed by atoms with Crippen LogP contribution in [0.1, 0.15) is 10.5 Å². The van der Waals surface area contributed by atoms with E-state index in [9.17, 15) is 4.79 Å². The third kappa shape index (κ3) is 3.70. The number of amides is 1. The summed E-state index contributed by atoms with van der Waals surface area (Å²) in [6.45, 7) is 0. The van der Waals surface area contributed by atoms with Gasteiger partial charge in [-0.25, -0.2) is 4.98 Å². The summed E-state index contributed by atoms with van der Waals surface area (Å²) in [4.78, 5) is 19.2. The van der Waals surface area contributed by atoms with Crippen LogP contribution in [0.2, 0.25) is 0 Å². The molecule has 2 N–H and O–H groups in total. The minimum absolute atomic E-state index is 0.231. The van der Waals surface area contributed by atoms with Crippen LogP contribution in [0, 0.1) is 0 Å². The standard InChI is InChI=1S/C19H15N5O2S/c1-26-15-8-4-13(5-9-15)18-22-17(23-24-18)12-2-6-14(7-3-12)21-19(25)16-10-27-11-20-16/h2-11H,1H3,(H,21,25)(H,22,23,24). The number of carbonyl (C=O) groups is 1. The zero-order chi connectivity index (χ0) is 18.6. The molecule has 0 bridgehead atoms. The van der Waals surface area contributed by atoms with Gasteiger partial charge in [0.2, 0.25) is 0 Å². The van der Waals surface area contributed by atoms with E-state index in [-0.39, 0.29) is 5.91 Å². The van der Waals surface area contributed by atoms with Gasteiger partial charge < -0.3 is 15.0 Å². The van der Waals surface area contributed by atoms with E-state index in [2.05, 4.69) is 25.5 Å². The molecule has 0 fully saturated rings. The van der Waals surface area contributed by atoms with E-state index in [0.29, 0.717) is 23.0 Å². The van der Waals surface area contributed by atoms with Gasteiger partial charge in [-0.2, -0.15) is 0 Å². The number of benzene rings is 2. The van der Waals surface area contributed by atoms with Crippen molar-refractivity contribution >= 4 is 22.9 Å². The number of thiazole rings is 1. The fourth-order valence-electron chi connectivity index (χ4n) is 2.50. The Labute approximate surface area is 159 Å². The van der Waals surface area contributed by atoms with E-state index < -0.39 is 0 Å². The van der Waals surface area contributed by atoms with Gasteiger partial charge in [0.25, 0.3) is 5.91 Å². The number of anilines is 1. The molecule has 0 unspecified atom stereocenters. The summed E-state index contributed by atoms with van der Waals surface area (Å²) in [6, 6.07) is 14.9. The lowest BCUT2D eigenvalue weighted by molar-refractivity contribution is 0.102. The highest BCUT2D eigenvalue weighted by Gasteiger charge is 2.10. The second-order valence-corrected chi connectivity index (χ2v) is 6.37. The molecule has 0 atom stereocenters. The molecule has 0 saturated carbocycles. The van der Waals surface area contributed by atoms with Crippen molar-refractivity contribution in [3.63, 3.8) is 0 Å². The number of methoxy groups -OCH3 is 1. The number of carbonyl (C=O) groups excluding carboxylic acids is 1. The van der Waals surface area contributed by atoms with Crippen molar-refractivity contribution in [1.82, 2.24) is 20.2 Å². The molecule has 0 aliphatic rings. The van der Waals surface area contributed by atoms with E-state index in [4.69, 9.17) is 4.74 Å². The van der Waals surface area contributed by atoms with Crippen molar-refractivity contribution in [3.05, 3.63) is 65.1 Å². The van der Waals surface area contributed by atoms with Crippen molar-refractivity contribution in [2.75, 3.05) is 12.4 Å². The van der Waals surface area contributed by atoms with E-state index >= 15 is 0 Å². The van der Waals surface area contributed by atoms with Crippen LogP contribution in [-0.4, -0.2) is 33.2 Å². The van der Waals surface area contributed by atoms with Crippen LogP contribution in [0.4, 0.5) is 5.69 Å². The summed E-state index contributed by atoms with van der Waals surface area (Å²) >= 11 is 1.38. The van der Waals surface area contributed by atoms with Gasteiger partial charge in [0.05, 0.1) is 12.6 Å². The van der Waals surface area contributed by atoms with Gasteiger partial charge >= 0.3 is 0 Å². The molecule has 7 nitrogen and oxygen atoms in total. The van der Waals surface area contributed by atoms with Crippen LogP contribution in [0.15, 0.2) is 59.4 Å². The summed E-state index contributed by atoms with van der Waals surface area (Å²) in [5, 5.41) is 12.9. The molecule has 1 amide bonds. The number of aromatic nitrogens is 4. The number of hydrogen-bond donors (Lipinski definition) is 2. The topological polar surface area (TPSA) is 92.8 Å². The van der Waals surface area contributed by atoms with Gasteiger partial charge in [0.15, 0.2) is 11.6 Å². The van der Waals surface area contributed by atoms with Gasteiger partial charge in [0.1, 0.15) is 11.4 Å². The highest BCUT2D eigenvalue weighted by atomic mass is 32.1. The molecule has 2 heterocycles. The number of rotatable bonds is 5. The highest BCUT2D eigenvalue weighted by molar-refractivity contribution is 7.07. The molecule has 4 aromatic rings. The Kier molecular flexibility index (Phi) is 4.63. The summed E-state index contributed by atoms with van der Waals surface area (Å²) < 4.78 is 5.16. The lowest BCUT2D eigenvalue weighted by Gasteiger charge is -2.04. The molecule has 0 radical (unpaired) electrons. The summed E-state index contributed by atoms with van der Waals surface area (Å²) in [5.74, 6) is 1.88. The number of aromatic amines is 1. The van der Waals surface area contributed by atoms with Crippen LogP contribution in [-0.2, 0) is 0 Å². The number of hydrogen-bond acceptors (Lipinski definition) is 6. The molecule has 8 heteroatoms. The van der Waals surface area contributed by atoms with Gasteiger partial charge in [-0.1, -0.05) is 0 Å². The zero-order valence-corrected chi connectivity index (χ0v) is 15.2. The van der Waals surface area contributed by atoms with Crippen molar-refractivity contribution in [2.24, 2.45) is 0 Å². The Morgan fingerprint density at radius 1 is 1.00 bits per heavy atom. The zero-order valence-electron chi connectivity index (χ0n) is 14.3.